The van der Waals surface area contributed by atoms with Gasteiger partial charge < -0.3 is 14.2 Å². The minimum absolute atomic E-state index is 0.0667. The van der Waals surface area contributed by atoms with Crippen molar-refractivity contribution in [1.82, 2.24) is 0 Å². The van der Waals surface area contributed by atoms with Crippen LogP contribution in [0.5, 0.6) is 0 Å². The van der Waals surface area contributed by atoms with Crippen molar-refractivity contribution in [3.63, 3.8) is 0 Å². The molecule has 0 spiro atoms. The summed E-state index contributed by atoms with van der Waals surface area (Å²) in [4.78, 5) is 38.4. The lowest BCUT2D eigenvalue weighted by atomic mass is 10.0. The van der Waals surface area contributed by atoms with Crippen molar-refractivity contribution in [1.29, 1.82) is 0 Å². The average Bonchev–Trinajstić information content (AvgIpc) is 3.44. The van der Waals surface area contributed by atoms with Crippen LogP contribution in [0.2, 0.25) is 0 Å². The Bertz CT molecular complexity index is 1210. The highest BCUT2D eigenvalue weighted by molar-refractivity contribution is 5.71. The van der Waals surface area contributed by atoms with E-state index in [0.717, 1.165) is 64.2 Å². The molecule has 1 unspecified atom stereocenters. The SMILES string of the molecule is CCCCCCCC/C=C\CCCCCCCC(=O)OC(COC(=O)CCCCCCCCCCCCCCCCC)COC(=O)CCCCCCCCCCCCCCCCCCCCCCCCCCCCCCCC. The Kier molecular flexibility index (Phi) is 66.0. The maximum atomic E-state index is 12.9. The number of carbonyl (C=O) groups is 3. The van der Waals surface area contributed by atoms with E-state index >= 15 is 0 Å². The molecule has 6 heteroatoms. The highest BCUT2D eigenvalue weighted by Crippen LogP contribution is 2.19. The lowest BCUT2D eigenvalue weighted by Gasteiger charge is -2.18. The molecule has 0 bridgehead atoms. The highest BCUT2D eigenvalue weighted by atomic mass is 16.6. The van der Waals surface area contributed by atoms with Gasteiger partial charge in [-0.05, 0) is 44.9 Å². The topological polar surface area (TPSA) is 78.9 Å². The molecule has 0 aliphatic heterocycles. The van der Waals surface area contributed by atoms with Gasteiger partial charge in [0.2, 0.25) is 0 Å². The molecule has 0 aromatic carbocycles. The molecule has 462 valence electrons. The Morgan fingerprint density at radius 2 is 0.423 bits per heavy atom. The summed E-state index contributed by atoms with van der Waals surface area (Å²) in [7, 11) is 0. The smallest absolute Gasteiger partial charge is 0.306 e. The zero-order chi connectivity index (χ0) is 56.4. The number of rotatable bonds is 67. The first-order valence-corrected chi connectivity index (χ1v) is 35.7. The summed E-state index contributed by atoms with van der Waals surface area (Å²) in [6.07, 6.45) is 81.1. The van der Waals surface area contributed by atoms with Crippen molar-refractivity contribution in [3.8, 4) is 0 Å². The van der Waals surface area contributed by atoms with Gasteiger partial charge in [0.05, 0.1) is 0 Å². The van der Waals surface area contributed by atoms with E-state index in [9.17, 15) is 14.4 Å². The molecule has 0 aliphatic carbocycles. The Morgan fingerprint density at radius 1 is 0.244 bits per heavy atom. The molecule has 0 radical (unpaired) electrons. The van der Waals surface area contributed by atoms with Crippen LogP contribution in [-0.4, -0.2) is 37.2 Å². The van der Waals surface area contributed by atoms with Gasteiger partial charge in [0, 0.05) is 19.3 Å². The lowest BCUT2D eigenvalue weighted by molar-refractivity contribution is -0.167. The van der Waals surface area contributed by atoms with Gasteiger partial charge in [0.15, 0.2) is 6.10 Å². The predicted molar refractivity (Wildman–Crippen MR) is 340 cm³/mol. The number of carbonyl (C=O) groups excluding carboxylic acids is 3. The molecule has 6 nitrogen and oxygen atoms in total. The quantitative estimate of drug-likeness (QED) is 0.0261. The first-order valence-electron chi connectivity index (χ1n) is 35.7. The second-order valence-electron chi connectivity index (χ2n) is 24.5. The maximum Gasteiger partial charge on any atom is 0.306 e. The van der Waals surface area contributed by atoms with Gasteiger partial charge in [0.1, 0.15) is 13.2 Å². The molecular formula is C72H138O6. The van der Waals surface area contributed by atoms with E-state index in [2.05, 4.69) is 32.9 Å². The van der Waals surface area contributed by atoms with E-state index in [1.807, 2.05) is 0 Å². The van der Waals surface area contributed by atoms with E-state index in [1.54, 1.807) is 0 Å². The predicted octanol–water partition coefficient (Wildman–Crippen LogP) is 24.4. The van der Waals surface area contributed by atoms with E-state index < -0.39 is 6.10 Å². The van der Waals surface area contributed by atoms with E-state index in [1.165, 1.54) is 308 Å². The van der Waals surface area contributed by atoms with Gasteiger partial charge in [-0.15, -0.1) is 0 Å². The summed E-state index contributed by atoms with van der Waals surface area (Å²) in [6, 6.07) is 0. The molecule has 0 aromatic heterocycles. The lowest BCUT2D eigenvalue weighted by Crippen LogP contribution is -2.30. The van der Waals surface area contributed by atoms with Gasteiger partial charge in [-0.1, -0.05) is 360 Å². The highest BCUT2D eigenvalue weighted by Gasteiger charge is 2.19. The summed E-state index contributed by atoms with van der Waals surface area (Å²) in [5, 5.41) is 0. The maximum absolute atomic E-state index is 12.9. The molecule has 0 fully saturated rings. The van der Waals surface area contributed by atoms with Crippen LogP contribution in [-0.2, 0) is 28.6 Å². The van der Waals surface area contributed by atoms with Gasteiger partial charge in [-0.25, -0.2) is 0 Å². The van der Waals surface area contributed by atoms with Crippen molar-refractivity contribution in [2.75, 3.05) is 13.2 Å². The van der Waals surface area contributed by atoms with Gasteiger partial charge >= 0.3 is 17.9 Å². The Hall–Kier alpha value is -1.85. The summed E-state index contributed by atoms with van der Waals surface area (Å²) >= 11 is 0. The van der Waals surface area contributed by atoms with E-state index in [4.69, 9.17) is 14.2 Å². The zero-order valence-corrected chi connectivity index (χ0v) is 53.2. The van der Waals surface area contributed by atoms with Crippen LogP contribution < -0.4 is 0 Å². The number of esters is 3. The summed E-state index contributed by atoms with van der Waals surface area (Å²) < 4.78 is 17.0. The molecule has 78 heavy (non-hydrogen) atoms. The van der Waals surface area contributed by atoms with Gasteiger partial charge in [-0.2, -0.15) is 0 Å². The fraction of sp³-hybridized carbons (Fsp3) is 0.931. The van der Waals surface area contributed by atoms with Crippen LogP contribution in [0.4, 0.5) is 0 Å². The number of allylic oxidation sites excluding steroid dienone is 2. The molecule has 0 aromatic rings. The zero-order valence-electron chi connectivity index (χ0n) is 53.2. The van der Waals surface area contributed by atoms with Crippen molar-refractivity contribution in [2.24, 2.45) is 0 Å². The molecule has 1 atom stereocenters. The molecule has 0 rings (SSSR count). The Balaban J connectivity index is 4.13. The van der Waals surface area contributed by atoms with E-state index in [0.29, 0.717) is 19.3 Å². The molecule has 0 amide bonds. The fourth-order valence-electron chi connectivity index (χ4n) is 11.2. The second kappa shape index (κ2) is 67.7. The summed E-state index contributed by atoms with van der Waals surface area (Å²) in [6.45, 7) is 6.71. The monoisotopic (exact) mass is 1100 g/mol. The third kappa shape index (κ3) is 65.0. The van der Waals surface area contributed by atoms with Crippen molar-refractivity contribution in [3.05, 3.63) is 12.2 Å². The molecule has 0 saturated carbocycles. The normalized spacial score (nSPS) is 12.0. The standard InChI is InChI=1S/C72H138O6/c1-4-7-10-13-16-19-22-25-28-29-30-31-32-33-34-35-36-37-38-39-40-41-42-45-47-50-53-56-59-62-65-71(74)77-68-69(78-72(75)66-63-60-57-54-51-48-44-27-24-21-18-15-12-9-6-3)67-76-70(73)64-61-58-55-52-49-46-43-26-23-20-17-14-11-8-5-2/h27,44,69H,4-26,28-43,45-68H2,1-3H3/b44-27-. The van der Waals surface area contributed by atoms with Crippen LogP contribution in [0.25, 0.3) is 0 Å². The molecule has 0 saturated heterocycles. The Labute approximate surface area is 488 Å². The number of unbranched alkanes of at least 4 members (excludes halogenated alkanes) is 54. The van der Waals surface area contributed by atoms with E-state index in [-0.39, 0.29) is 31.1 Å². The van der Waals surface area contributed by atoms with Gasteiger partial charge in [-0.3, -0.25) is 14.4 Å². The average molecular weight is 1100 g/mol. The van der Waals surface area contributed by atoms with Crippen LogP contribution >= 0.6 is 0 Å². The second-order valence-corrected chi connectivity index (χ2v) is 24.5. The third-order valence-electron chi connectivity index (χ3n) is 16.5. The van der Waals surface area contributed by atoms with Crippen molar-refractivity contribution >= 4 is 17.9 Å². The van der Waals surface area contributed by atoms with Crippen molar-refractivity contribution < 1.29 is 28.6 Å². The molecule has 0 N–H and O–H groups in total. The van der Waals surface area contributed by atoms with Gasteiger partial charge in [0.25, 0.3) is 0 Å². The van der Waals surface area contributed by atoms with Crippen molar-refractivity contribution in [2.45, 2.75) is 419 Å². The Morgan fingerprint density at radius 3 is 0.641 bits per heavy atom. The minimum Gasteiger partial charge on any atom is -0.462 e. The first-order chi connectivity index (χ1) is 38.5. The van der Waals surface area contributed by atoms with Crippen LogP contribution in [0.3, 0.4) is 0 Å². The minimum atomic E-state index is -0.770. The number of hydrogen-bond donors (Lipinski definition) is 0. The van der Waals surface area contributed by atoms with Crippen LogP contribution in [0.1, 0.15) is 412 Å². The largest absolute Gasteiger partial charge is 0.462 e. The number of ether oxygens (including phenoxy) is 3. The summed E-state index contributed by atoms with van der Waals surface area (Å²) in [5.74, 6) is -0.841. The molecule has 0 heterocycles. The van der Waals surface area contributed by atoms with Crippen LogP contribution in [0, 0.1) is 0 Å². The molecular weight excluding hydrogens is 961 g/mol. The number of hydrogen-bond acceptors (Lipinski definition) is 6. The fourth-order valence-corrected chi connectivity index (χ4v) is 11.2. The molecule has 0 aliphatic rings. The third-order valence-corrected chi connectivity index (χ3v) is 16.5. The van der Waals surface area contributed by atoms with Crippen LogP contribution in [0.15, 0.2) is 12.2 Å². The first kappa shape index (κ1) is 76.1. The summed E-state index contributed by atoms with van der Waals surface area (Å²) in [5.41, 5.74) is 0.